The molecule has 5 heteroatoms. The number of carbonyl (C=O) groups excluding carboxylic acids is 3. The van der Waals surface area contributed by atoms with Crippen molar-refractivity contribution in [2.75, 3.05) is 0 Å². The van der Waals surface area contributed by atoms with Crippen molar-refractivity contribution in [3.05, 3.63) is 77.4 Å². The number of hydrogen-bond donors (Lipinski definition) is 1. The van der Waals surface area contributed by atoms with E-state index in [1.54, 1.807) is 24.3 Å². The topological polar surface area (TPSA) is 63.2 Å². The number of allylic oxidation sites excluding steroid dienone is 1. The first kappa shape index (κ1) is 16.2. The molecule has 0 bridgehead atoms. The van der Waals surface area contributed by atoms with Gasteiger partial charge in [0.25, 0.3) is 5.24 Å². The Morgan fingerprint density at radius 3 is 2.38 bits per heavy atom. The maximum atomic E-state index is 12.2. The van der Waals surface area contributed by atoms with Gasteiger partial charge in [-0.05, 0) is 23.6 Å². The van der Waals surface area contributed by atoms with Gasteiger partial charge in [-0.1, -0.05) is 72.4 Å². The van der Waals surface area contributed by atoms with Crippen molar-refractivity contribution in [1.82, 2.24) is 5.32 Å². The second-order valence-corrected chi connectivity index (χ2v) is 6.57. The molecule has 2 amide bonds. The molecule has 1 saturated heterocycles. The third-order valence-electron chi connectivity index (χ3n) is 3.65. The van der Waals surface area contributed by atoms with E-state index >= 15 is 0 Å². The van der Waals surface area contributed by atoms with E-state index in [-0.39, 0.29) is 16.9 Å². The number of nitrogens with one attached hydrogen (secondary N) is 1. The number of imide groups is 1. The molecule has 0 radical (unpaired) electrons. The highest BCUT2D eigenvalue weighted by molar-refractivity contribution is 8.15. The quantitative estimate of drug-likeness (QED) is 0.670. The lowest BCUT2D eigenvalue weighted by molar-refractivity contribution is -0.118. The zero-order valence-electron chi connectivity index (χ0n) is 12.8. The van der Waals surface area contributed by atoms with Gasteiger partial charge in [-0.2, -0.15) is 0 Å². The predicted octanol–water partition coefficient (Wildman–Crippen LogP) is 3.48. The van der Waals surface area contributed by atoms with Crippen LogP contribution in [0.1, 0.15) is 21.5 Å². The molecule has 1 atom stereocenters. The molecule has 1 aliphatic rings. The summed E-state index contributed by atoms with van der Waals surface area (Å²) in [5.74, 6) is -0.329. The maximum absolute atomic E-state index is 12.2. The standard InChI is InChI=1S/C19H15NO3S/c21-16(11-8-13-4-2-1-3-5-13)15-9-6-14(7-10-15)12-17-18(22)20-19(23)24-17/h1-11,17H,12H2,(H,20,22,23). The molecule has 1 heterocycles. The summed E-state index contributed by atoms with van der Waals surface area (Å²) in [6, 6.07) is 16.7. The molecule has 3 rings (SSSR count). The highest BCUT2D eigenvalue weighted by Gasteiger charge is 2.31. The molecule has 0 saturated carbocycles. The van der Waals surface area contributed by atoms with Crippen LogP contribution < -0.4 is 5.32 Å². The lowest BCUT2D eigenvalue weighted by Gasteiger charge is -2.05. The molecular weight excluding hydrogens is 322 g/mol. The minimum atomic E-state index is -0.392. The molecule has 0 spiro atoms. The normalized spacial score (nSPS) is 17.2. The predicted molar refractivity (Wildman–Crippen MR) is 94.9 cm³/mol. The molecule has 0 aliphatic carbocycles. The fourth-order valence-corrected chi connectivity index (χ4v) is 3.24. The summed E-state index contributed by atoms with van der Waals surface area (Å²) in [6.45, 7) is 0. The Labute approximate surface area is 144 Å². The fraction of sp³-hybridized carbons (Fsp3) is 0.105. The van der Waals surface area contributed by atoms with Crippen LogP contribution in [0.3, 0.4) is 0 Å². The summed E-state index contributed by atoms with van der Waals surface area (Å²) in [5.41, 5.74) is 2.47. The largest absolute Gasteiger partial charge is 0.289 e. The summed E-state index contributed by atoms with van der Waals surface area (Å²) in [4.78, 5) is 34.9. The summed E-state index contributed by atoms with van der Waals surface area (Å²) in [7, 11) is 0. The highest BCUT2D eigenvalue weighted by atomic mass is 32.2. The van der Waals surface area contributed by atoms with Crippen LogP contribution >= 0.6 is 11.8 Å². The SMILES string of the molecule is O=C1NC(=O)C(Cc2ccc(C(=O)C=Cc3ccccc3)cc2)S1. The molecule has 4 nitrogen and oxygen atoms in total. The first-order chi connectivity index (χ1) is 11.6. The summed E-state index contributed by atoms with van der Waals surface area (Å²) in [5, 5.41) is 1.58. The van der Waals surface area contributed by atoms with Crippen LogP contribution in [0.4, 0.5) is 4.79 Å². The van der Waals surface area contributed by atoms with E-state index in [0.29, 0.717) is 12.0 Å². The Bertz CT molecular complexity index is 797. The number of amides is 2. The van der Waals surface area contributed by atoms with Gasteiger partial charge in [0.15, 0.2) is 5.78 Å². The van der Waals surface area contributed by atoms with Gasteiger partial charge in [-0.3, -0.25) is 19.7 Å². The van der Waals surface area contributed by atoms with Crippen LogP contribution in [-0.2, 0) is 11.2 Å². The van der Waals surface area contributed by atoms with Crippen LogP contribution in [0.5, 0.6) is 0 Å². The van der Waals surface area contributed by atoms with Gasteiger partial charge < -0.3 is 0 Å². The van der Waals surface area contributed by atoms with Crippen molar-refractivity contribution in [2.24, 2.45) is 0 Å². The van der Waals surface area contributed by atoms with Gasteiger partial charge in [-0.15, -0.1) is 0 Å². The van der Waals surface area contributed by atoms with E-state index < -0.39 is 5.25 Å². The van der Waals surface area contributed by atoms with Crippen molar-refractivity contribution in [2.45, 2.75) is 11.7 Å². The first-order valence-electron chi connectivity index (χ1n) is 7.50. The second kappa shape index (κ2) is 7.27. The van der Waals surface area contributed by atoms with E-state index in [4.69, 9.17) is 0 Å². The molecule has 24 heavy (non-hydrogen) atoms. The van der Waals surface area contributed by atoms with Crippen molar-refractivity contribution >= 4 is 34.8 Å². The van der Waals surface area contributed by atoms with Crippen molar-refractivity contribution < 1.29 is 14.4 Å². The average Bonchev–Trinajstić information content (AvgIpc) is 2.91. The zero-order valence-corrected chi connectivity index (χ0v) is 13.6. The number of ketones is 1. The van der Waals surface area contributed by atoms with Gasteiger partial charge >= 0.3 is 0 Å². The third kappa shape index (κ3) is 4.00. The van der Waals surface area contributed by atoms with Gasteiger partial charge in [0.05, 0.1) is 5.25 Å². The number of benzene rings is 2. The fourth-order valence-electron chi connectivity index (χ4n) is 2.38. The van der Waals surface area contributed by atoms with Crippen LogP contribution in [0.2, 0.25) is 0 Å². The lowest BCUT2D eigenvalue weighted by Crippen LogP contribution is -2.25. The Morgan fingerprint density at radius 1 is 1.04 bits per heavy atom. The van der Waals surface area contributed by atoms with Crippen molar-refractivity contribution in [3.8, 4) is 0 Å². The second-order valence-electron chi connectivity index (χ2n) is 5.39. The van der Waals surface area contributed by atoms with Gasteiger partial charge in [0.2, 0.25) is 5.91 Å². The minimum absolute atomic E-state index is 0.0754. The average molecular weight is 337 g/mol. The van der Waals surface area contributed by atoms with Crippen LogP contribution in [0, 0.1) is 0 Å². The van der Waals surface area contributed by atoms with Gasteiger partial charge in [0, 0.05) is 5.56 Å². The van der Waals surface area contributed by atoms with E-state index in [1.807, 2.05) is 42.5 Å². The molecule has 120 valence electrons. The number of thioether (sulfide) groups is 1. The lowest BCUT2D eigenvalue weighted by atomic mass is 10.0. The summed E-state index contributed by atoms with van der Waals surface area (Å²) in [6.07, 6.45) is 3.79. The Kier molecular flexibility index (Phi) is 4.91. The molecular formula is C19H15NO3S. The number of rotatable bonds is 5. The summed E-state index contributed by atoms with van der Waals surface area (Å²) < 4.78 is 0. The van der Waals surface area contributed by atoms with Gasteiger partial charge in [-0.25, -0.2) is 0 Å². The molecule has 1 fully saturated rings. The van der Waals surface area contributed by atoms with E-state index in [9.17, 15) is 14.4 Å². The maximum Gasteiger partial charge on any atom is 0.286 e. The van der Waals surface area contributed by atoms with Crippen molar-refractivity contribution in [1.29, 1.82) is 0 Å². The van der Waals surface area contributed by atoms with E-state index in [2.05, 4.69) is 5.32 Å². The molecule has 2 aromatic rings. The zero-order chi connectivity index (χ0) is 16.9. The molecule has 1 aliphatic heterocycles. The first-order valence-corrected chi connectivity index (χ1v) is 8.38. The summed E-state index contributed by atoms with van der Waals surface area (Å²) >= 11 is 1.01. The molecule has 1 N–H and O–H groups in total. The van der Waals surface area contributed by atoms with E-state index in [0.717, 1.165) is 22.9 Å². The van der Waals surface area contributed by atoms with Gasteiger partial charge in [0.1, 0.15) is 0 Å². The third-order valence-corrected chi connectivity index (χ3v) is 4.63. The Morgan fingerprint density at radius 2 is 1.75 bits per heavy atom. The number of hydrogen-bond acceptors (Lipinski definition) is 4. The van der Waals surface area contributed by atoms with E-state index in [1.165, 1.54) is 0 Å². The Balaban J connectivity index is 1.64. The molecule has 0 aromatic heterocycles. The van der Waals surface area contributed by atoms with Crippen LogP contribution in [0.15, 0.2) is 60.7 Å². The Hall–Kier alpha value is -2.66. The van der Waals surface area contributed by atoms with Crippen LogP contribution in [0.25, 0.3) is 6.08 Å². The highest BCUT2D eigenvalue weighted by Crippen LogP contribution is 2.23. The smallest absolute Gasteiger partial charge is 0.286 e. The molecule has 2 aromatic carbocycles. The number of carbonyl (C=O) groups is 3. The van der Waals surface area contributed by atoms with Crippen molar-refractivity contribution in [3.63, 3.8) is 0 Å². The minimum Gasteiger partial charge on any atom is -0.289 e. The molecule has 1 unspecified atom stereocenters. The van der Waals surface area contributed by atoms with Crippen LogP contribution in [-0.4, -0.2) is 22.2 Å². The monoisotopic (exact) mass is 337 g/mol.